The average molecular weight is 231 g/mol. The molecule has 0 bridgehead atoms. The Morgan fingerprint density at radius 3 is 2.71 bits per heavy atom. The summed E-state index contributed by atoms with van der Waals surface area (Å²) >= 11 is 11.8. The fourth-order valence-electron chi connectivity index (χ4n) is 1.13. The lowest BCUT2D eigenvalue weighted by Crippen LogP contribution is -2.34. The lowest BCUT2D eigenvalue weighted by atomic mass is 10.1. The van der Waals surface area contributed by atoms with E-state index in [1.54, 1.807) is 18.2 Å². The van der Waals surface area contributed by atoms with E-state index < -0.39 is 0 Å². The smallest absolute Gasteiger partial charge is 0.0453 e. The molecular weight excluding hydrogens is 219 g/mol. The normalized spacial score (nSPS) is 12.5. The molecule has 0 spiro atoms. The lowest BCUT2D eigenvalue weighted by molar-refractivity contribution is 0.618. The Bertz CT molecular complexity index is 326. The van der Waals surface area contributed by atoms with Gasteiger partial charge in [-0.25, -0.2) is 0 Å². The van der Waals surface area contributed by atoms with Gasteiger partial charge in [0.25, 0.3) is 0 Å². The van der Waals surface area contributed by atoms with Gasteiger partial charge in [0.1, 0.15) is 0 Å². The Morgan fingerprint density at radius 1 is 1.50 bits per heavy atom. The molecule has 0 aliphatic rings. The van der Waals surface area contributed by atoms with Crippen molar-refractivity contribution in [1.29, 1.82) is 0 Å². The molecule has 0 saturated heterocycles. The number of rotatable bonds is 4. The molecule has 0 radical (unpaired) electrons. The number of hydrogen-bond acceptors (Lipinski definition) is 2. The Kier molecular flexibility index (Phi) is 4.42. The topological polar surface area (TPSA) is 38.0 Å². The molecule has 0 saturated carbocycles. The van der Waals surface area contributed by atoms with Crippen LogP contribution < -0.4 is 11.3 Å². The number of halogens is 2. The highest BCUT2D eigenvalue weighted by molar-refractivity contribution is 6.35. The number of benzene rings is 1. The lowest BCUT2D eigenvalue weighted by Gasteiger charge is -2.12. The standard InChI is InChI=1S/C10H12Cl2N2/c1-2-9(14-13)5-7-3-4-8(11)6-10(7)12/h2-4,6,9,14H,1,5,13H2. The molecular formula is C10H12Cl2N2. The number of hydrazine groups is 1. The van der Waals surface area contributed by atoms with Crippen molar-refractivity contribution < 1.29 is 0 Å². The maximum Gasteiger partial charge on any atom is 0.0453 e. The fraction of sp³-hybridized carbons (Fsp3) is 0.200. The maximum atomic E-state index is 6.00. The van der Waals surface area contributed by atoms with E-state index in [-0.39, 0.29) is 6.04 Å². The van der Waals surface area contributed by atoms with Crippen LogP contribution in [0.1, 0.15) is 5.56 Å². The second kappa shape index (κ2) is 5.37. The average Bonchev–Trinajstić information content (AvgIpc) is 2.17. The van der Waals surface area contributed by atoms with Crippen LogP contribution >= 0.6 is 23.2 Å². The van der Waals surface area contributed by atoms with Crippen LogP contribution in [0.4, 0.5) is 0 Å². The second-order valence-electron chi connectivity index (χ2n) is 2.95. The Hall–Kier alpha value is -0.540. The zero-order valence-electron chi connectivity index (χ0n) is 7.63. The highest BCUT2D eigenvalue weighted by Crippen LogP contribution is 2.22. The minimum atomic E-state index is 0.0219. The van der Waals surface area contributed by atoms with Crippen molar-refractivity contribution in [3.63, 3.8) is 0 Å². The van der Waals surface area contributed by atoms with Crippen LogP contribution in [-0.4, -0.2) is 6.04 Å². The SMILES string of the molecule is C=CC(Cc1ccc(Cl)cc1Cl)NN. The van der Waals surface area contributed by atoms with E-state index in [9.17, 15) is 0 Å². The summed E-state index contributed by atoms with van der Waals surface area (Å²) in [5, 5.41) is 1.29. The Balaban J connectivity index is 2.80. The number of nitrogens with one attached hydrogen (secondary N) is 1. The van der Waals surface area contributed by atoms with Crippen molar-refractivity contribution in [3.05, 3.63) is 46.5 Å². The van der Waals surface area contributed by atoms with Crippen molar-refractivity contribution >= 4 is 23.2 Å². The highest BCUT2D eigenvalue weighted by Gasteiger charge is 2.06. The largest absolute Gasteiger partial charge is 0.271 e. The first-order chi connectivity index (χ1) is 6.67. The van der Waals surface area contributed by atoms with Crippen LogP contribution in [0.3, 0.4) is 0 Å². The van der Waals surface area contributed by atoms with Gasteiger partial charge >= 0.3 is 0 Å². The molecule has 3 N–H and O–H groups in total. The molecule has 0 aliphatic heterocycles. The van der Waals surface area contributed by atoms with Crippen molar-refractivity contribution in [2.45, 2.75) is 12.5 Å². The minimum absolute atomic E-state index is 0.0219. The van der Waals surface area contributed by atoms with Gasteiger partial charge in [-0.1, -0.05) is 35.3 Å². The quantitative estimate of drug-likeness (QED) is 0.474. The molecule has 1 aromatic carbocycles. The van der Waals surface area contributed by atoms with Gasteiger partial charge in [-0.05, 0) is 24.1 Å². The third kappa shape index (κ3) is 3.00. The number of nitrogens with two attached hydrogens (primary N) is 1. The zero-order valence-corrected chi connectivity index (χ0v) is 9.15. The first kappa shape index (κ1) is 11.5. The fourth-order valence-corrected chi connectivity index (χ4v) is 1.62. The summed E-state index contributed by atoms with van der Waals surface area (Å²) in [6.07, 6.45) is 2.45. The summed E-state index contributed by atoms with van der Waals surface area (Å²) in [6, 6.07) is 5.43. The summed E-state index contributed by atoms with van der Waals surface area (Å²) < 4.78 is 0. The van der Waals surface area contributed by atoms with Crippen molar-refractivity contribution in [1.82, 2.24) is 5.43 Å². The molecule has 14 heavy (non-hydrogen) atoms. The van der Waals surface area contributed by atoms with Crippen LogP contribution in [0.25, 0.3) is 0 Å². The highest BCUT2D eigenvalue weighted by atomic mass is 35.5. The summed E-state index contributed by atoms with van der Waals surface area (Å²) in [7, 11) is 0. The molecule has 76 valence electrons. The van der Waals surface area contributed by atoms with E-state index in [4.69, 9.17) is 29.0 Å². The van der Waals surface area contributed by atoms with Crippen LogP contribution in [0.2, 0.25) is 10.0 Å². The zero-order chi connectivity index (χ0) is 10.6. The molecule has 0 heterocycles. The minimum Gasteiger partial charge on any atom is -0.271 e. The van der Waals surface area contributed by atoms with Gasteiger partial charge in [-0.3, -0.25) is 11.3 Å². The van der Waals surface area contributed by atoms with E-state index >= 15 is 0 Å². The van der Waals surface area contributed by atoms with Gasteiger partial charge in [0.15, 0.2) is 0 Å². The Labute approximate surface area is 93.7 Å². The molecule has 4 heteroatoms. The van der Waals surface area contributed by atoms with E-state index in [0.29, 0.717) is 16.5 Å². The molecule has 2 nitrogen and oxygen atoms in total. The van der Waals surface area contributed by atoms with Crippen molar-refractivity contribution in [2.24, 2.45) is 5.84 Å². The molecule has 0 amide bonds. The Morgan fingerprint density at radius 2 is 2.21 bits per heavy atom. The van der Waals surface area contributed by atoms with E-state index in [1.807, 2.05) is 6.07 Å². The van der Waals surface area contributed by atoms with Crippen molar-refractivity contribution in [3.8, 4) is 0 Å². The molecule has 0 fully saturated rings. The predicted octanol–water partition coefficient (Wildman–Crippen LogP) is 2.55. The van der Waals surface area contributed by atoms with Crippen LogP contribution in [-0.2, 0) is 6.42 Å². The summed E-state index contributed by atoms with van der Waals surface area (Å²) in [5.41, 5.74) is 3.63. The van der Waals surface area contributed by atoms with E-state index in [0.717, 1.165) is 5.56 Å². The van der Waals surface area contributed by atoms with Crippen LogP contribution in [0.15, 0.2) is 30.9 Å². The van der Waals surface area contributed by atoms with E-state index in [1.165, 1.54) is 0 Å². The third-order valence-corrected chi connectivity index (χ3v) is 2.54. The number of hydrogen-bond donors (Lipinski definition) is 2. The predicted molar refractivity (Wildman–Crippen MR) is 61.5 cm³/mol. The van der Waals surface area contributed by atoms with Crippen LogP contribution in [0, 0.1) is 0 Å². The molecule has 1 rings (SSSR count). The molecule has 1 atom stereocenters. The van der Waals surface area contributed by atoms with Crippen molar-refractivity contribution in [2.75, 3.05) is 0 Å². The van der Waals surface area contributed by atoms with Gasteiger partial charge < -0.3 is 0 Å². The summed E-state index contributed by atoms with van der Waals surface area (Å²) in [4.78, 5) is 0. The molecule has 1 aromatic rings. The first-order valence-corrected chi connectivity index (χ1v) is 4.95. The molecule has 0 aliphatic carbocycles. The summed E-state index contributed by atoms with van der Waals surface area (Å²) in [6.45, 7) is 3.66. The maximum absolute atomic E-state index is 6.00. The third-order valence-electron chi connectivity index (χ3n) is 1.95. The summed E-state index contributed by atoms with van der Waals surface area (Å²) in [5.74, 6) is 5.32. The first-order valence-electron chi connectivity index (χ1n) is 4.20. The second-order valence-corrected chi connectivity index (χ2v) is 3.79. The van der Waals surface area contributed by atoms with E-state index in [2.05, 4.69) is 12.0 Å². The van der Waals surface area contributed by atoms with Gasteiger partial charge in [0, 0.05) is 16.1 Å². The van der Waals surface area contributed by atoms with Gasteiger partial charge in [-0.2, -0.15) is 0 Å². The monoisotopic (exact) mass is 230 g/mol. The van der Waals surface area contributed by atoms with Crippen LogP contribution in [0.5, 0.6) is 0 Å². The van der Waals surface area contributed by atoms with Gasteiger partial charge in [0.2, 0.25) is 0 Å². The molecule has 1 unspecified atom stereocenters. The molecule has 0 aromatic heterocycles. The van der Waals surface area contributed by atoms with Gasteiger partial charge in [-0.15, -0.1) is 6.58 Å². The van der Waals surface area contributed by atoms with Gasteiger partial charge in [0.05, 0.1) is 0 Å².